The van der Waals surface area contributed by atoms with E-state index in [4.69, 9.17) is 14.2 Å². The summed E-state index contributed by atoms with van der Waals surface area (Å²) >= 11 is 0. The Bertz CT molecular complexity index is 964. The fraction of sp³-hybridized carbons (Fsp3) is 0.111. The first kappa shape index (κ1) is 17.9. The van der Waals surface area contributed by atoms with Crippen LogP contribution in [0.25, 0.3) is 0 Å². The molecule has 1 heterocycles. The number of hydrogen-bond acceptors (Lipinski definition) is 8. The standard InChI is InChI=1S/C18H16N4O5/c1-25-13-7-5-6-12(10-13)21-17-16(22(23)24)18(20-11-19-17)27-15-9-4-3-8-14(15)26-2/h3-11H,1-2H3,(H,19,20,21). The van der Waals surface area contributed by atoms with Gasteiger partial charge in [0.2, 0.25) is 5.82 Å². The van der Waals surface area contributed by atoms with Crippen LogP contribution in [0.15, 0.2) is 54.9 Å². The summed E-state index contributed by atoms with van der Waals surface area (Å²) in [6.07, 6.45) is 1.18. The van der Waals surface area contributed by atoms with E-state index in [1.165, 1.54) is 20.5 Å². The van der Waals surface area contributed by atoms with Gasteiger partial charge in [-0.1, -0.05) is 18.2 Å². The number of benzene rings is 2. The van der Waals surface area contributed by atoms with Crippen molar-refractivity contribution in [2.24, 2.45) is 0 Å². The minimum absolute atomic E-state index is 0.00634. The molecule has 1 N–H and O–H groups in total. The second kappa shape index (κ2) is 8.00. The summed E-state index contributed by atoms with van der Waals surface area (Å²) in [7, 11) is 3.01. The Morgan fingerprint density at radius 1 is 1.00 bits per heavy atom. The third kappa shape index (κ3) is 4.03. The van der Waals surface area contributed by atoms with Crippen LogP contribution in [0.4, 0.5) is 17.2 Å². The predicted octanol–water partition coefficient (Wildman–Crippen LogP) is 3.94. The van der Waals surface area contributed by atoms with Gasteiger partial charge in [-0.25, -0.2) is 4.98 Å². The number of nitrogens with zero attached hydrogens (tertiary/aromatic N) is 3. The van der Waals surface area contributed by atoms with E-state index < -0.39 is 10.6 Å². The van der Waals surface area contributed by atoms with Gasteiger partial charge < -0.3 is 19.5 Å². The van der Waals surface area contributed by atoms with E-state index in [0.29, 0.717) is 22.9 Å². The Kier molecular flexibility index (Phi) is 5.31. The zero-order chi connectivity index (χ0) is 19.2. The van der Waals surface area contributed by atoms with Gasteiger partial charge in [-0.3, -0.25) is 10.1 Å². The first-order chi connectivity index (χ1) is 13.1. The number of nitrogens with one attached hydrogen (secondary N) is 1. The first-order valence-electron chi connectivity index (χ1n) is 7.83. The molecule has 0 fully saturated rings. The van der Waals surface area contributed by atoms with Crippen molar-refractivity contribution in [3.05, 3.63) is 65.0 Å². The lowest BCUT2D eigenvalue weighted by Crippen LogP contribution is -2.04. The molecule has 0 aliphatic carbocycles. The van der Waals surface area contributed by atoms with E-state index in [9.17, 15) is 10.1 Å². The minimum Gasteiger partial charge on any atom is -0.497 e. The van der Waals surface area contributed by atoms with Crippen molar-refractivity contribution in [2.45, 2.75) is 0 Å². The van der Waals surface area contributed by atoms with Crippen molar-refractivity contribution < 1.29 is 19.1 Å². The predicted molar refractivity (Wildman–Crippen MR) is 98.0 cm³/mol. The van der Waals surface area contributed by atoms with Crippen molar-refractivity contribution in [1.29, 1.82) is 0 Å². The molecule has 0 aliphatic rings. The molecule has 27 heavy (non-hydrogen) atoms. The van der Waals surface area contributed by atoms with Gasteiger partial charge in [0.1, 0.15) is 12.1 Å². The highest BCUT2D eigenvalue weighted by Gasteiger charge is 2.26. The van der Waals surface area contributed by atoms with Crippen LogP contribution in [0.2, 0.25) is 0 Å². The number of para-hydroxylation sites is 2. The van der Waals surface area contributed by atoms with Gasteiger partial charge in [-0.05, 0) is 24.3 Å². The molecule has 1 aromatic heterocycles. The van der Waals surface area contributed by atoms with Gasteiger partial charge in [0.25, 0.3) is 0 Å². The Balaban J connectivity index is 1.98. The lowest BCUT2D eigenvalue weighted by atomic mass is 10.3. The summed E-state index contributed by atoms with van der Waals surface area (Å²) in [5.74, 6) is 1.11. The van der Waals surface area contributed by atoms with Crippen LogP contribution in [-0.4, -0.2) is 29.1 Å². The van der Waals surface area contributed by atoms with Crippen LogP contribution in [0.1, 0.15) is 0 Å². The highest BCUT2D eigenvalue weighted by Crippen LogP contribution is 2.38. The second-order valence-electron chi connectivity index (χ2n) is 5.24. The minimum atomic E-state index is -0.604. The number of hydrogen-bond donors (Lipinski definition) is 1. The van der Waals surface area contributed by atoms with Crippen molar-refractivity contribution in [2.75, 3.05) is 19.5 Å². The lowest BCUT2D eigenvalue weighted by molar-refractivity contribution is -0.385. The van der Waals surface area contributed by atoms with Crippen LogP contribution in [-0.2, 0) is 0 Å². The van der Waals surface area contributed by atoms with Gasteiger partial charge in [0.05, 0.1) is 19.1 Å². The van der Waals surface area contributed by atoms with Crippen LogP contribution >= 0.6 is 0 Å². The van der Waals surface area contributed by atoms with E-state index in [1.807, 2.05) is 0 Å². The van der Waals surface area contributed by atoms with Crippen LogP contribution in [0.5, 0.6) is 23.1 Å². The highest BCUT2D eigenvalue weighted by molar-refractivity contribution is 5.69. The van der Waals surface area contributed by atoms with Gasteiger partial charge in [-0.2, -0.15) is 4.98 Å². The molecule has 0 bridgehead atoms. The van der Waals surface area contributed by atoms with Crippen molar-refractivity contribution in [3.8, 4) is 23.1 Å². The van der Waals surface area contributed by atoms with E-state index in [2.05, 4.69) is 15.3 Å². The molecule has 9 nitrogen and oxygen atoms in total. The summed E-state index contributed by atoms with van der Waals surface area (Å²) in [5, 5.41) is 14.5. The number of methoxy groups -OCH3 is 2. The monoisotopic (exact) mass is 368 g/mol. The maximum atomic E-state index is 11.7. The van der Waals surface area contributed by atoms with Crippen LogP contribution < -0.4 is 19.5 Å². The number of rotatable bonds is 7. The first-order valence-corrected chi connectivity index (χ1v) is 7.83. The number of nitro groups is 1. The number of anilines is 2. The maximum Gasteiger partial charge on any atom is 0.373 e. The molecule has 138 valence electrons. The second-order valence-corrected chi connectivity index (χ2v) is 5.24. The average Bonchev–Trinajstić information content (AvgIpc) is 2.68. The summed E-state index contributed by atoms with van der Waals surface area (Å²) in [6.45, 7) is 0. The smallest absolute Gasteiger partial charge is 0.373 e. The normalized spacial score (nSPS) is 10.1. The van der Waals surface area contributed by atoms with E-state index in [1.54, 1.807) is 48.5 Å². The van der Waals surface area contributed by atoms with Gasteiger partial charge in [0, 0.05) is 11.8 Å². The van der Waals surface area contributed by atoms with Crippen molar-refractivity contribution in [3.63, 3.8) is 0 Å². The molecule has 3 aromatic rings. The third-order valence-electron chi connectivity index (χ3n) is 3.58. The van der Waals surface area contributed by atoms with Gasteiger partial charge in [-0.15, -0.1) is 0 Å². The quantitative estimate of drug-likeness (QED) is 0.493. The van der Waals surface area contributed by atoms with Crippen molar-refractivity contribution in [1.82, 2.24) is 9.97 Å². The maximum absolute atomic E-state index is 11.7. The van der Waals surface area contributed by atoms with Crippen LogP contribution in [0, 0.1) is 10.1 Å². The van der Waals surface area contributed by atoms with E-state index in [0.717, 1.165) is 0 Å². The highest BCUT2D eigenvalue weighted by atomic mass is 16.6. The summed E-state index contributed by atoms with van der Waals surface area (Å²) in [5.41, 5.74) is 0.172. The molecule has 0 spiro atoms. The Morgan fingerprint density at radius 3 is 2.48 bits per heavy atom. The summed E-state index contributed by atoms with van der Waals surface area (Å²) in [6, 6.07) is 13.7. The van der Waals surface area contributed by atoms with Gasteiger partial charge >= 0.3 is 11.6 Å². The largest absolute Gasteiger partial charge is 0.497 e. The van der Waals surface area contributed by atoms with Crippen molar-refractivity contribution >= 4 is 17.2 Å². The molecular weight excluding hydrogens is 352 g/mol. The number of ether oxygens (including phenoxy) is 3. The van der Waals surface area contributed by atoms with E-state index >= 15 is 0 Å². The molecule has 0 radical (unpaired) electrons. The average molecular weight is 368 g/mol. The molecule has 0 unspecified atom stereocenters. The molecule has 0 amide bonds. The Hall–Kier alpha value is -3.88. The molecular formula is C18H16N4O5. The molecule has 0 saturated heterocycles. The Morgan fingerprint density at radius 2 is 1.78 bits per heavy atom. The number of aromatic nitrogens is 2. The third-order valence-corrected chi connectivity index (χ3v) is 3.58. The van der Waals surface area contributed by atoms with Crippen LogP contribution in [0.3, 0.4) is 0 Å². The van der Waals surface area contributed by atoms with E-state index in [-0.39, 0.29) is 11.7 Å². The summed E-state index contributed by atoms with van der Waals surface area (Å²) < 4.78 is 16.0. The molecule has 3 rings (SSSR count). The molecule has 0 aliphatic heterocycles. The Labute approximate surface area is 154 Å². The fourth-order valence-electron chi connectivity index (χ4n) is 2.34. The topological polar surface area (TPSA) is 109 Å². The molecule has 0 atom stereocenters. The van der Waals surface area contributed by atoms with Gasteiger partial charge in [0.15, 0.2) is 11.5 Å². The SMILES string of the molecule is COc1cccc(Nc2ncnc(Oc3ccccc3OC)c2[N+](=O)[O-])c1. The zero-order valence-electron chi connectivity index (χ0n) is 14.6. The molecule has 9 heteroatoms. The lowest BCUT2D eigenvalue weighted by Gasteiger charge is -2.11. The fourth-order valence-corrected chi connectivity index (χ4v) is 2.34. The zero-order valence-corrected chi connectivity index (χ0v) is 14.6. The molecule has 0 saturated carbocycles. The summed E-state index contributed by atoms with van der Waals surface area (Å²) in [4.78, 5) is 18.9. The molecule has 2 aromatic carbocycles.